The number of benzene rings is 1. The third kappa shape index (κ3) is 11.5. The summed E-state index contributed by atoms with van der Waals surface area (Å²) in [6.45, 7) is 3.39. The van der Waals surface area contributed by atoms with Gasteiger partial charge in [0.15, 0.2) is 0 Å². The first-order valence-electron chi connectivity index (χ1n) is 10.6. The molecule has 2 unspecified atom stereocenters. The van der Waals surface area contributed by atoms with Crippen LogP contribution in [0, 0.1) is 0 Å². The van der Waals surface area contributed by atoms with Crippen molar-refractivity contribution in [1.29, 1.82) is 0 Å². The van der Waals surface area contributed by atoms with E-state index in [-0.39, 0.29) is 39.1 Å². The van der Waals surface area contributed by atoms with Gasteiger partial charge < -0.3 is 30.0 Å². The van der Waals surface area contributed by atoms with Crippen LogP contribution in [0.4, 0.5) is 4.79 Å². The molecule has 0 aliphatic rings. The van der Waals surface area contributed by atoms with Crippen molar-refractivity contribution in [2.75, 3.05) is 13.2 Å². The van der Waals surface area contributed by atoms with Crippen molar-refractivity contribution in [1.82, 2.24) is 10.6 Å². The number of nitrogens with one attached hydrogen (secondary N) is 2. The number of carbonyl (C=O) groups excluding carboxylic acids is 4. The molecule has 11 nitrogen and oxygen atoms in total. The number of esters is 2. The topological polar surface area (TPSA) is 157 Å². The average Bonchev–Trinajstić information content (AvgIpc) is 2.78. The molecule has 33 heavy (non-hydrogen) atoms. The molecule has 2 atom stereocenters. The standard InChI is InChI=1S/C22H30N2O9/c1-3-31-19(27)13-11-17(21(29)32-4-2)23-20(28)16(10-12-18(25)26)24-22(30)33-14-15-8-6-5-7-9-15/h5-9,16-17H,3-4,10-14H2,1-2H3,(H,23,28)(H,24,30)(H,25,26). The molecular weight excluding hydrogens is 436 g/mol. The van der Waals surface area contributed by atoms with Gasteiger partial charge >= 0.3 is 24.0 Å². The van der Waals surface area contributed by atoms with Gasteiger partial charge in [-0.1, -0.05) is 30.3 Å². The second-order valence-electron chi connectivity index (χ2n) is 6.85. The third-order valence-corrected chi connectivity index (χ3v) is 4.30. The summed E-state index contributed by atoms with van der Waals surface area (Å²) in [6, 6.07) is 6.36. The van der Waals surface area contributed by atoms with Crippen molar-refractivity contribution >= 4 is 29.9 Å². The number of ether oxygens (including phenoxy) is 3. The molecule has 0 saturated heterocycles. The van der Waals surface area contributed by atoms with Crippen LogP contribution in [0.25, 0.3) is 0 Å². The number of amides is 2. The van der Waals surface area contributed by atoms with Crippen LogP contribution in [0.3, 0.4) is 0 Å². The van der Waals surface area contributed by atoms with Crippen LogP contribution in [0.2, 0.25) is 0 Å². The minimum atomic E-state index is -1.29. The number of carboxylic acid groups (broad SMARTS) is 1. The van der Waals surface area contributed by atoms with E-state index in [0.29, 0.717) is 0 Å². The van der Waals surface area contributed by atoms with Crippen LogP contribution < -0.4 is 10.6 Å². The first-order valence-corrected chi connectivity index (χ1v) is 10.6. The highest BCUT2D eigenvalue weighted by Crippen LogP contribution is 2.07. The summed E-state index contributed by atoms with van der Waals surface area (Å²) in [5.74, 6) is -3.30. The number of rotatable bonds is 14. The molecular formula is C22H30N2O9. The maximum absolute atomic E-state index is 12.8. The van der Waals surface area contributed by atoms with Gasteiger partial charge in [0.2, 0.25) is 5.91 Å². The van der Waals surface area contributed by atoms with Gasteiger partial charge in [-0.25, -0.2) is 9.59 Å². The Bertz CT molecular complexity index is 798. The summed E-state index contributed by atoms with van der Waals surface area (Å²) >= 11 is 0. The Kier molecular flexibility index (Phi) is 12.6. The number of hydrogen-bond acceptors (Lipinski definition) is 8. The maximum atomic E-state index is 12.8. The molecule has 2 amide bonds. The fraction of sp³-hybridized carbons (Fsp3) is 0.500. The van der Waals surface area contributed by atoms with Crippen molar-refractivity contribution in [3.8, 4) is 0 Å². The predicted molar refractivity (Wildman–Crippen MR) is 115 cm³/mol. The molecule has 0 fully saturated rings. The lowest BCUT2D eigenvalue weighted by Crippen LogP contribution is -2.52. The Morgan fingerprint density at radius 2 is 1.48 bits per heavy atom. The zero-order valence-electron chi connectivity index (χ0n) is 18.7. The monoisotopic (exact) mass is 466 g/mol. The average molecular weight is 466 g/mol. The molecule has 1 rings (SSSR count). The first kappa shape index (κ1) is 27.4. The highest BCUT2D eigenvalue weighted by atomic mass is 16.5. The summed E-state index contributed by atoms with van der Waals surface area (Å²) in [6.07, 6.45) is -1.82. The Balaban J connectivity index is 2.80. The lowest BCUT2D eigenvalue weighted by atomic mass is 10.1. The molecule has 0 aliphatic heterocycles. The van der Waals surface area contributed by atoms with Gasteiger partial charge in [0.25, 0.3) is 0 Å². The van der Waals surface area contributed by atoms with Crippen LogP contribution in [0.1, 0.15) is 45.1 Å². The second-order valence-corrected chi connectivity index (χ2v) is 6.85. The van der Waals surface area contributed by atoms with E-state index in [1.54, 1.807) is 44.2 Å². The van der Waals surface area contributed by atoms with Crippen LogP contribution in [-0.2, 0) is 40.0 Å². The highest BCUT2D eigenvalue weighted by Gasteiger charge is 2.29. The molecule has 0 saturated carbocycles. The van der Waals surface area contributed by atoms with Crippen molar-refractivity contribution < 1.29 is 43.3 Å². The molecule has 1 aromatic rings. The molecule has 1 aromatic carbocycles. The Labute approximate surface area is 191 Å². The SMILES string of the molecule is CCOC(=O)CCC(NC(=O)C(CCC(=O)O)NC(=O)OCc1ccccc1)C(=O)OCC. The second kappa shape index (κ2) is 15.2. The fourth-order valence-electron chi connectivity index (χ4n) is 2.70. The summed E-state index contributed by atoms with van der Waals surface area (Å²) < 4.78 is 14.8. The molecule has 3 N–H and O–H groups in total. The minimum Gasteiger partial charge on any atom is -0.481 e. The van der Waals surface area contributed by atoms with Crippen LogP contribution >= 0.6 is 0 Å². The zero-order chi connectivity index (χ0) is 24.6. The van der Waals surface area contributed by atoms with Crippen molar-refractivity contribution in [3.05, 3.63) is 35.9 Å². The van der Waals surface area contributed by atoms with E-state index in [9.17, 15) is 24.0 Å². The van der Waals surface area contributed by atoms with Gasteiger partial charge in [-0.3, -0.25) is 14.4 Å². The quantitative estimate of drug-likeness (QED) is 0.273. The molecule has 0 aromatic heterocycles. The number of carboxylic acids is 1. The smallest absolute Gasteiger partial charge is 0.408 e. The van der Waals surface area contributed by atoms with Gasteiger partial charge in [0.05, 0.1) is 13.2 Å². The van der Waals surface area contributed by atoms with Gasteiger partial charge in [-0.15, -0.1) is 0 Å². The summed E-state index contributed by atoms with van der Waals surface area (Å²) in [5.41, 5.74) is 0.723. The van der Waals surface area contributed by atoms with E-state index in [4.69, 9.17) is 19.3 Å². The van der Waals surface area contributed by atoms with Crippen LogP contribution in [0.15, 0.2) is 30.3 Å². The number of aliphatic carboxylic acids is 1. The molecule has 0 radical (unpaired) electrons. The van der Waals surface area contributed by atoms with Gasteiger partial charge in [0.1, 0.15) is 18.7 Å². The van der Waals surface area contributed by atoms with E-state index in [1.165, 1.54) is 0 Å². The van der Waals surface area contributed by atoms with Crippen LogP contribution in [0.5, 0.6) is 0 Å². The molecule has 0 bridgehead atoms. The minimum absolute atomic E-state index is 0.0507. The van der Waals surface area contributed by atoms with E-state index >= 15 is 0 Å². The molecule has 182 valence electrons. The van der Waals surface area contributed by atoms with Crippen LogP contribution in [-0.4, -0.2) is 60.3 Å². The van der Waals surface area contributed by atoms with E-state index in [2.05, 4.69) is 10.6 Å². The normalized spacial score (nSPS) is 12.1. The van der Waals surface area contributed by atoms with Gasteiger partial charge in [-0.05, 0) is 32.3 Å². The summed E-state index contributed by atoms with van der Waals surface area (Å²) in [4.78, 5) is 59.8. The number of alkyl carbamates (subject to hydrolysis) is 1. The summed E-state index contributed by atoms with van der Waals surface area (Å²) in [7, 11) is 0. The van der Waals surface area contributed by atoms with Crippen molar-refractivity contribution in [3.63, 3.8) is 0 Å². The fourth-order valence-corrected chi connectivity index (χ4v) is 2.70. The third-order valence-electron chi connectivity index (χ3n) is 4.30. The predicted octanol–water partition coefficient (Wildman–Crippen LogP) is 1.54. The van der Waals surface area contributed by atoms with E-state index in [0.717, 1.165) is 5.56 Å². The van der Waals surface area contributed by atoms with Crippen molar-refractivity contribution in [2.24, 2.45) is 0 Å². The molecule has 0 heterocycles. The Morgan fingerprint density at radius 3 is 2.09 bits per heavy atom. The zero-order valence-corrected chi connectivity index (χ0v) is 18.7. The van der Waals surface area contributed by atoms with Crippen molar-refractivity contribution in [2.45, 2.75) is 58.2 Å². The lowest BCUT2D eigenvalue weighted by molar-refractivity contribution is -0.149. The van der Waals surface area contributed by atoms with E-state index in [1.807, 2.05) is 0 Å². The maximum Gasteiger partial charge on any atom is 0.408 e. The van der Waals surface area contributed by atoms with E-state index < -0.39 is 48.4 Å². The Morgan fingerprint density at radius 1 is 0.848 bits per heavy atom. The molecule has 0 aliphatic carbocycles. The van der Waals surface area contributed by atoms with Gasteiger partial charge in [-0.2, -0.15) is 0 Å². The first-order chi connectivity index (χ1) is 15.8. The van der Waals surface area contributed by atoms with Gasteiger partial charge in [0, 0.05) is 12.8 Å². The molecule has 0 spiro atoms. The number of hydrogen-bond donors (Lipinski definition) is 3. The Hall–Kier alpha value is -3.63. The summed E-state index contributed by atoms with van der Waals surface area (Å²) in [5, 5.41) is 13.7. The molecule has 11 heteroatoms. The number of carbonyl (C=O) groups is 5. The largest absolute Gasteiger partial charge is 0.481 e. The lowest BCUT2D eigenvalue weighted by Gasteiger charge is -2.22. The highest BCUT2D eigenvalue weighted by molar-refractivity contribution is 5.90.